The van der Waals surface area contributed by atoms with Gasteiger partial charge in [0.25, 0.3) is 5.91 Å². The Morgan fingerprint density at radius 1 is 1.03 bits per heavy atom. The van der Waals surface area contributed by atoms with E-state index in [1.165, 1.54) is 11.1 Å². The highest BCUT2D eigenvalue weighted by molar-refractivity contribution is 5.99. The Labute approximate surface area is 192 Å². The van der Waals surface area contributed by atoms with Gasteiger partial charge in [0.15, 0.2) is 0 Å². The van der Waals surface area contributed by atoms with Gasteiger partial charge in [-0.2, -0.15) is 0 Å². The van der Waals surface area contributed by atoms with Crippen molar-refractivity contribution in [2.45, 2.75) is 26.3 Å². The predicted molar refractivity (Wildman–Crippen MR) is 129 cm³/mol. The molecule has 6 heteroatoms. The number of halogens is 2. The maximum Gasteiger partial charge on any atom is 0.255 e. The number of nitrogens with zero attached hydrogens (tertiary/aromatic N) is 2. The third kappa shape index (κ3) is 4.61. The van der Waals surface area contributed by atoms with E-state index in [9.17, 15) is 4.79 Å². The average Bonchev–Trinajstić information content (AvgIpc) is 3.23. The molecule has 0 aromatic heterocycles. The molecule has 2 aliphatic rings. The van der Waals surface area contributed by atoms with Crippen LogP contribution in [-0.4, -0.2) is 48.9 Å². The van der Waals surface area contributed by atoms with Crippen molar-refractivity contribution >= 4 is 36.4 Å². The van der Waals surface area contributed by atoms with Gasteiger partial charge in [-0.25, -0.2) is 0 Å². The summed E-state index contributed by atoms with van der Waals surface area (Å²) < 4.78 is 0. The van der Waals surface area contributed by atoms with Crippen LogP contribution in [0.2, 0.25) is 0 Å². The number of carbonyl (C=O) groups is 1. The summed E-state index contributed by atoms with van der Waals surface area (Å²) >= 11 is 0. The molecule has 30 heavy (non-hydrogen) atoms. The van der Waals surface area contributed by atoms with Gasteiger partial charge in [-0.15, -0.1) is 24.8 Å². The summed E-state index contributed by atoms with van der Waals surface area (Å²) in [6.07, 6.45) is 1.04. The fourth-order valence-corrected chi connectivity index (χ4v) is 5.06. The van der Waals surface area contributed by atoms with Gasteiger partial charge >= 0.3 is 0 Å². The minimum absolute atomic E-state index is 0. The molecule has 2 aromatic carbocycles. The van der Waals surface area contributed by atoms with Crippen LogP contribution in [0.25, 0.3) is 0 Å². The van der Waals surface area contributed by atoms with Crippen molar-refractivity contribution in [3.63, 3.8) is 0 Å². The van der Waals surface area contributed by atoms with Gasteiger partial charge in [-0.05, 0) is 49.6 Å². The second-order valence-electron chi connectivity index (χ2n) is 8.35. The van der Waals surface area contributed by atoms with Crippen molar-refractivity contribution in [1.29, 1.82) is 0 Å². The lowest BCUT2D eigenvalue weighted by atomic mass is 9.88. The summed E-state index contributed by atoms with van der Waals surface area (Å²) in [6, 6.07) is 17.0. The molecule has 164 valence electrons. The normalized spacial score (nSPS) is 22.8. The molecule has 2 aromatic rings. The fraction of sp³-hybridized carbons (Fsp3) is 0.458. The molecule has 0 saturated carbocycles. The third-order valence-electron chi connectivity index (χ3n) is 6.41. The van der Waals surface area contributed by atoms with E-state index in [1.54, 1.807) is 0 Å². The van der Waals surface area contributed by atoms with Gasteiger partial charge in [0.05, 0.1) is 5.56 Å². The molecule has 2 saturated heterocycles. The summed E-state index contributed by atoms with van der Waals surface area (Å²) in [4.78, 5) is 17.9. The quantitative estimate of drug-likeness (QED) is 0.694. The molecule has 2 aliphatic heterocycles. The largest absolute Gasteiger partial charge is 0.384 e. The summed E-state index contributed by atoms with van der Waals surface area (Å²) in [5, 5.41) is 3.41. The number of anilines is 1. The SMILES string of the molecule is CCCNc1ccccc1C(=O)N1C[C@@H]2CN(C)[C@@H](c3ccccc3C)[C@@H]2C1.Cl.Cl. The molecule has 4 nitrogen and oxygen atoms in total. The van der Waals surface area contributed by atoms with Crippen molar-refractivity contribution in [1.82, 2.24) is 9.80 Å². The van der Waals surface area contributed by atoms with Gasteiger partial charge in [0, 0.05) is 43.8 Å². The Hall–Kier alpha value is -1.75. The van der Waals surface area contributed by atoms with E-state index in [4.69, 9.17) is 0 Å². The standard InChI is InChI=1S/C24H31N3O.2ClH/c1-4-13-25-22-12-8-7-11-20(22)24(28)27-15-18-14-26(3)23(21(18)16-27)19-10-6-5-9-17(19)2;;/h5-12,18,21,23,25H,4,13-16H2,1-3H3;2*1H/t18-,21+,23-;;/m0../s1. The molecule has 3 atom stereocenters. The summed E-state index contributed by atoms with van der Waals surface area (Å²) in [5.74, 6) is 1.22. The number of rotatable bonds is 5. The lowest BCUT2D eigenvalue weighted by Gasteiger charge is -2.28. The van der Waals surface area contributed by atoms with Crippen molar-refractivity contribution < 1.29 is 4.79 Å². The summed E-state index contributed by atoms with van der Waals surface area (Å²) in [5.41, 5.74) is 4.52. The Kier molecular flexibility index (Phi) is 8.60. The van der Waals surface area contributed by atoms with E-state index >= 15 is 0 Å². The molecule has 1 amide bonds. The van der Waals surface area contributed by atoms with Gasteiger partial charge < -0.3 is 10.2 Å². The van der Waals surface area contributed by atoms with E-state index in [1.807, 2.05) is 24.3 Å². The van der Waals surface area contributed by atoms with Gasteiger partial charge in [-0.3, -0.25) is 9.69 Å². The van der Waals surface area contributed by atoms with Crippen molar-refractivity contribution in [3.8, 4) is 0 Å². The highest BCUT2D eigenvalue weighted by Crippen LogP contribution is 2.45. The Morgan fingerprint density at radius 2 is 1.73 bits per heavy atom. The number of nitrogens with one attached hydrogen (secondary N) is 1. The molecule has 4 rings (SSSR count). The Morgan fingerprint density at radius 3 is 2.47 bits per heavy atom. The fourth-order valence-electron chi connectivity index (χ4n) is 5.06. The van der Waals surface area contributed by atoms with Crippen LogP contribution in [0.15, 0.2) is 48.5 Å². The molecule has 0 bridgehead atoms. The van der Waals surface area contributed by atoms with E-state index in [2.05, 4.69) is 60.3 Å². The smallest absolute Gasteiger partial charge is 0.255 e. The van der Waals surface area contributed by atoms with Gasteiger partial charge in [0.2, 0.25) is 0 Å². The van der Waals surface area contributed by atoms with Crippen molar-refractivity contribution in [2.75, 3.05) is 38.5 Å². The number of aryl methyl sites for hydroxylation is 1. The summed E-state index contributed by atoms with van der Waals surface area (Å²) in [7, 11) is 2.23. The molecule has 2 fully saturated rings. The number of likely N-dealkylation sites (tertiary alicyclic amines) is 2. The average molecular weight is 450 g/mol. The first-order valence-corrected chi connectivity index (χ1v) is 10.5. The predicted octanol–water partition coefficient (Wildman–Crippen LogP) is 5.04. The third-order valence-corrected chi connectivity index (χ3v) is 6.41. The Balaban J connectivity index is 0.00000160. The van der Waals surface area contributed by atoms with E-state index in [0.29, 0.717) is 17.9 Å². The molecule has 1 N–H and O–H groups in total. The zero-order chi connectivity index (χ0) is 19.7. The molecular formula is C24H33Cl2N3O. The molecule has 0 unspecified atom stereocenters. The number of hydrogen-bond acceptors (Lipinski definition) is 3. The topological polar surface area (TPSA) is 35.6 Å². The minimum Gasteiger partial charge on any atom is -0.384 e. The van der Waals surface area contributed by atoms with Crippen LogP contribution in [0.5, 0.6) is 0 Å². The van der Waals surface area contributed by atoms with E-state index < -0.39 is 0 Å². The van der Waals surface area contributed by atoms with Crippen LogP contribution >= 0.6 is 24.8 Å². The maximum atomic E-state index is 13.3. The zero-order valence-corrected chi connectivity index (χ0v) is 19.6. The molecule has 0 spiro atoms. The first kappa shape index (κ1) is 24.5. The highest BCUT2D eigenvalue weighted by Gasteiger charge is 2.47. The second-order valence-corrected chi connectivity index (χ2v) is 8.35. The first-order valence-electron chi connectivity index (χ1n) is 10.5. The lowest BCUT2D eigenvalue weighted by molar-refractivity contribution is 0.0768. The van der Waals surface area contributed by atoms with Crippen LogP contribution in [0.3, 0.4) is 0 Å². The van der Waals surface area contributed by atoms with Crippen LogP contribution in [0.1, 0.15) is 40.9 Å². The number of fused-ring (bicyclic) bond motifs is 1. The number of hydrogen-bond donors (Lipinski definition) is 1. The monoisotopic (exact) mass is 449 g/mol. The van der Waals surface area contributed by atoms with Crippen molar-refractivity contribution in [2.24, 2.45) is 11.8 Å². The second kappa shape index (κ2) is 10.5. The Bertz CT molecular complexity index is 860. The number of carbonyl (C=O) groups excluding carboxylic acids is 1. The number of para-hydroxylation sites is 1. The lowest BCUT2D eigenvalue weighted by Crippen LogP contribution is -2.34. The zero-order valence-electron chi connectivity index (χ0n) is 18.0. The van der Waals surface area contributed by atoms with E-state index in [-0.39, 0.29) is 30.7 Å². The highest BCUT2D eigenvalue weighted by atomic mass is 35.5. The summed E-state index contributed by atoms with van der Waals surface area (Å²) in [6.45, 7) is 7.98. The van der Waals surface area contributed by atoms with Crippen LogP contribution in [-0.2, 0) is 0 Å². The molecular weight excluding hydrogens is 417 g/mol. The number of amides is 1. The van der Waals surface area contributed by atoms with Crippen LogP contribution < -0.4 is 5.32 Å². The minimum atomic E-state index is 0. The van der Waals surface area contributed by atoms with Gasteiger partial charge in [-0.1, -0.05) is 43.3 Å². The number of benzene rings is 2. The van der Waals surface area contributed by atoms with Crippen molar-refractivity contribution in [3.05, 3.63) is 65.2 Å². The van der Waals surface area contributed by atoms with E-state index in [0.717, 1.165) is 43.9 Å². The van der Waals surface area contributed by atoms with Gasteiger partial charge in [0.1, 0.15) is 0 Å². The molecule has 2 heterocycles. The first-order chi connectivity index (χ1) is 13.6. The molecule has 0 aliphatic carbocycles. The van der Waals surface area contributed by atoms with Crippen LogP contribution in [0, 0.1) is 18.8 Å². The molecule has 0 radical (unpaired) electrons. The van der Waals surface area contributed by atoms with Crippen LogP contribution in [0.4, 0.5) is 5.69 Å². The maximum absolute atomic E-state index is 13.3.